The van der Waals surface area contributed by atoms with E-state index in [9.17, 15) is 9.18 Å². The molecule has 0 saturated heterocycles. The number of hydrogen-bond donors (Lipinski definition) is 0. The zero-order chi connectivity index (χ0) is 11.8. The van der Waals surface area contributed by atoms with Gasteiger partial charge >= 0.3 is 0 Å². The first-order valence-electron chi connectivity index (χ1n) is 5.46. The van der Waals surface area contributed by atoms with E-state index in [1.165, 1.54) is 6.07 Å². The summed E-state index contributed by atoms with van der Waals surface area (Å²) in [7, 11) is 0. The van der Waals surface area contributed by atoms with Crippen molar-refractivity contribution in [3.8, 4) is 0 Å². The highest BCUT2D eigenvalue weighted by Crippen LogP contribution is 2.38. The molecule has 0 unspecified atom stereocenters. The molecule has 1 aromatic carbocycles. The van der Waals surface area contributed by atoms with Crippen molar-refractivity contribution in [2.24, 2.45) is 5.41 Å². The molecule has 0 atom stereocenters. The van der Waals surface area contributed by atoms with Crippen molar-refractivity contribution in [1.29, 1.82) is 0 Å². The van der Waals surface area contributed by atoms with Gasteiger partial charge in [0, 0.05) is 12.0 Å². The minimum absolute atomic E-state index is 0.0660. The van der Waals surface area contributed by atoms with E-state index in [-0.39, 0.29) is 17.0 Å². The van der Waals surface area contributed by atoms with Crippen molar-refractivity contribution in [3.05, 3.63) is 41.7 Å². The molecular weight excluding hydrogens is 203 g/mol. The van der Waals surface area contributed by atoms with Crippen LogP contribution in [0.4, 0.5) is 4.39 Å². The van der Waals surface area contributed by atoms with Crippen LogP contribution >= 0.6 is 0 Å². The molecule has 0 bridgehead atoms. The lowest BCUT2D eigenvalue weighted by molar-refractivity contribution is -0.116. The second kappa shape index (κ2) is 3.85. The summed E-state index contributed by atoms with van der Waals surface area (Å²) < 4.78 is 13.6. The number of allylic oxidation sites excluding steroid dienone is 2. The summed E-state index contributed by atoms with van der Waals surface area (Å²) in [5, 5.41) is 0. The summed E-state index contributed by atoms with van der Waals surface area (Å²) in [6, 6.07) is 6.62. The Morgan fingerprint density at radius 2 is 1.88 bits per heavy atom. The van der Waals surface area contributed by atoms with E-state index in [0.717, 1.165) is 12.0 Å². The third kappa shape index (κ3) is 2.21. The predicted octanol–water partition coefficient (Wildman–Crippen LogP) is 3.60. The number of hydrogen-bond acceptors (Lipinski definition) is 1. The first-order chi connectivity index (χ1) is 7.48. The van der Waals surface area contributed by atoms with Crippen LogP contribution < -0.4 is 0 Å². The van der Waals surface area contributed by atoms with Crippen LogP contribution in [-0.4, -0.2) is 5.78 Å². The van der Waals surface area contributed by atoms with Crippen LogP contribution in [0.2, 0.25) is 0 Å². The molecule has 2 heteroatoms. The molecular formula is C14H15FO. The third-order valence-electron chi connectivity index (χ3n) is 2.88. The van der Waals surface area contributed by atoms with Gasteiger partial charge in [-0.1, -0.05) is 32.0 Å². The third-order valence-corrected chi connectivity index (χ3v) is 2.88. The number of rotatable bonds is 1. The van der Waals surface area contributed by atoms with Crippen molar-refractivity contribution in [2.75, 3.05) is 0 Å². The summed E-state index contributed by atoms with van der Waals surface area (Å²) >= 11 is 0. The second-order valence-electron chi connectivity index (χ2n) is 5.13. The Kier molecular flexibility index (Phi) is 2.66. The Morgan fingerprint density at radius 1 is 1.19 bits per heavy atom. The topological polar surface area (TPSA) is 17.1 Å². The fourth-order valence-electron chi connectivity index (χ4n) is 2.24. The van der Waals surface area contributed by atoms with Gasteiger partial charge in [0.2, 0.25) is 0 Å². The van der Waals surface area contributed by atoms with Gasteiger partial charge in [-0.15, -0.1) is 0 Å². The number of carbonyl (C=O) groups is 1. The summed E-state index contributed by atoms with van der Waals surface area (Å²) in [6.07, 6.45) is 2.88. The summed E-state index contributed by atoms with van der Waals surface area (Å²) in [5.41, 5.74) is 1.31. The number of ketones is 1. The lowest BCUT2D eigenvalue weighted by Gasteiger charge is -2.29. The van der Waals surface area contributed by atoms with Gasteiger partial charge in [-0.25, -0.2) is 4.39 Å². The molecule has 0 aromatic heterocycles. The zero-order valence-corrected chi connectivity index (χ0v) is 9.59. The van der Waals surface area contributed by atoms with E-state index in [4.69, 9.17) is 0 Å². The number of carbonyl (C=O) groups excluding carboxylic acids is 1. The highest BCUT2D eigenvalue weighted by Gasteiger charge is 2.28. The molecule has 1 aliphatic carbocycles. The van der Waals surface area contributed by atoms with E-state index in [1.54, 1.807) is 24.3 Å². The Balaban J connectivity index is 2.42. The first-order valence-corrected chi connectivity index (χ1v) is 5.46. The molecule has 0 heterocycles. The van der Waals surface area contributed by atoms with Crippen LogP contribution in [0.5, 0.6) is 0 Å². The largest absolute Gasteiger partial charge is 0.295 e. The lowest BCUT2D eigenvalue weighted by Crippen LogP contribution is -2.21. The normalized spacial score (nSPS) is 19.4. The SMILES string of the molecule is CC1(C)CC(=O)C=C(c2ccccc2F)C1. The van der Waals surface area contributed by atoms with Gasteiger partial charge < -0.3 is 0 Å². The van der Waals surface area contributed by atoms with Crippen molar-refractivity contribution in [1.82, 2.24) is 0 Å². The van der Waals surface area contributed by atoms with E-state index >= 15 is 0 Å². The molecule has 1 aromatic rings. The van der Waals surface area contributed by atoms with Gasteiger partial charge in [-0.2, -0.15) is 0 Å². The Labute approximate surface area is 95.0 Å². The van der Waals surface area contributed by atoms with Crippen LogP contribution in [0.25, 0.3) is 5.57 Å². The average Bonchev–Trinajstić information content (AvgIpc) is 2.15. The molecule has 0 amide bonds. The molecule has 0 fully saturated rings. The van der Waals surface area contributed by atoms with Crippen LogP contribution in [0.3, 0.4) is 0 Å². The maximum Gasteiger partial charge on any atom is 0.156 e. The van der Waals surface area contributed by atoms with E-state index in [1.807, 2.05) is 13.8 Å². The van der Waals surface area contributed by atoms with Crippen molar-refractivity contribution >= 4 is 11.4 Å². The van der Waals surface area contributed by atoms with E-state index in [0.29, 0.717) is 12.0 Å². The molecule has 1 nitrogen and oxygen atoms in total. The van der Waals surface area contributed by atoms with Crippen LogP contribution in [0.15, 0.2) is 30.3 Å². The fraction of sp³-hybridized carbons (Fsp3) is 0.357. The van der Waals surface area contributed by atoms with E-state index < -0.39 is 0 Å². The van der Waals surface area contributed by atoms with Gasteiger partial charge in [0.25, 0.3) is 0 Å². The first kappa shape index (κ1) is 11.1. The van der Waals surface area contributed by atoms with E-state index in [2.05, 4.69) is 0 Å². The standard InChI is InChI=1S/C14H15FO/c1-14(2)8-10(7-11(16)9-14)12-5-3-4-6-13(12)15/h3-7H,8-9H2,1-2H3. The van der Waals surface area contributed by atoms with Gasteiger partial charge in [-0.3, -0.25) is 4.79 Å². The molecule has 0 N–H and O–H groups in total. The summed E-state index contributed by atoms with van der Waals surface area (Å²) in [4.78, 5) is 11.6. The number of benzene rings is 1. The quantitative estimate of drug-likeness (QED) is 0.704. The van der Waals surface area contributed by atoms with Gasteiger partial charge in [0.05, 0.1) is 0 Å². The smallest absolute Gasteiger partial charge is 0.156 e. The van der Waals surface area contributed by atoms with Crippen LogP contribution in [-0.2, 0) is 4.79 Å². The van der Waals surface area contributed by atoms with Crippen LogP contribution in [0.1, 0.15) is 32.3 Å². The zero-order valence-electron chi connectivity index (χ0n) is 9.59. The Hall–Kier alpha value is -1.44. The maximum absolute atomic E-state index is 13.6. The highest BCUT2D eigenvalue weighted by molar-refractivity contribution is 5.99. The fourth-order valence-corrected chi connectivity index (χ4v) is 2.24. The Bertz CT molecular complexity index is 458. The van der Waals surface area contributed by atoms with Crippen molar-refractivity contribution in [3.63, 3.8) is 0 Å². The molecule has 1 aliphatic rings. The maximum atomic E-state index is 13.6. The molecule has 2 rings (SSSR count). The molecule has 0 spiro atoms. The molecule has 0 radical (unpaired) electrons. The minimum atomic E-state index is -0.251. The minimum Gasteiger partial charge on any atom is -0.295 e. The number of halogens is 1. The van der Waals surface area contributed by atoms with Gasteiger partial charge in [0.1, 0.15) is 5.82 Å². The molecule has 84 valence electrons. The summed E-state index contributed by atoms with van der Waals surface area (Å²) in [6.45, 7) is 4.08. The van der Waals surface area contributed by atoms with Gasteiger partial charge in [0.15, 0.2) is 5.78 Å². The highest BCUT2D eigenvalue weighted by atomic mass is 19.1. The van der Waals surface area contributed by atoms with Crippen molar-refractivity contribution in [2.45, 2.75) is 26.7 Å². The molecule has 0 aliphatic heterocycles. The monoisotopic (exact) mass is 218 g/mol. The predicted molar refractivity (Wildman–Crippen MR) is 62.4 cm³/mol. The Morgan fingerprint density at radius 3 is 2.50 bits per heavy atom. The summed E-state index contributed by atoms with van der Waals surface area (Å²) in [5.74, 6) is -0.159. The van der Waals surface area contributed by atoms with Crippen molar-refractivity contribution < 1.29 is 9.18 Å². The average molecular weight is 218 g/mol. The molecule has 16 heavy (non-hydrogen) atoms. The second-order valence-corrected chi connectivity index (χ2v) is 5.13. The van der Waals surface area contributed by atoms with Gasteiger partial charge in [-0.05, 0) is 29.6 Å². The lowest BCUT2D eigenvalue weighted by atomic mass is 9.75. The molecule has 0 saturated carbocycles. The van der Waals surface area contributed by atoms with Crippen LogP contribution in [0, 0.1) is 11.2 Å².